The van der Waals surface area contributed by atoms with Crippen LogP contribution in [0.4, 0.5) is 17.1 Å². The standard InChI is InChI=1S/C20H23ClN4O4/c1-14-10-18(25(27)28)19(29-2)12-17(14)22-20(26)13-23-6-8-24(9-7-23)16-5-3-4-15(21)11-16/h3-5,10-12H,6-9,13H2,1-2H3,(H,22,26). The average molecular weight is 419 g/mol. The van der Waals surface area contributed by atoms with Crippen molar-refractivity contribution in [3.63, 3.8) is 0 Å². The number of hydrogen-bond donors (Lipinski definition) is 1. The van der Waals surface area contributed by atoms with Crippen molar-refractivity contribution >= 4 is 34.6 Å². The van der Waals surface area contributed by atoms with Crippen LogP contribution < -0.4 is 15.0 Å². The van der Waals surface area contributed by atoms with Crippen molar-refractivity contribution in [3.05, 3.63) is 57.1 Å². The Balaban J connectivity index is 1.57. The Bertz CT molecular complexity index is 913. The predicted molar refractivity (Wildman–Crippen MR) is 113 cm³/mol. The molecular formula is C20H23ClN4O4. The third kappa shape index (κ3) is 5.16. The summed E-state index contributed by atoms with van der Waals surface area (Å²) in [6.07, 6.45) is 0. The molecule has 3 rings (SSSR count). The van der Waals surface area contributed by atoms with Crippen LogP contribution >= 0.6 is 11.6 Å². The maximum absolute atomic E-state index is 12.5. The molecular weight excluding hydrogens is 396 g/mol. The number of ether oxygens (including phenoxy) is 1. The summed E-state index contributed by atoms with van der Waals surface area (Å²) < 4.78 is 5.08. The smallest absolute Gasteiger partial charge is 0.311 e. The summed E-state index contributed by atoms with van der Waals surface area (Å²) in [6.45, 7) is 5.08. The number of benzene rings is 2. The van der Waals surface area contributed by atoms with Gasteiger partial charge in [0, 0.05) is 54.7 Å². The average Bonchev–Trinajstić information content (AvgIpc) is 2.69. The van der Waals surface area contributed by atoms with E-state index in [4.69, 9.17) is 16.3 Å². The van der Waals surface area contributed by atoms with Crippen molar-refractivity contribution < 1.29 is 14.5 Å². The zero-order valence-electron chi connectivity index (χ0n) is 16.4. The van der Waals surface area contributed by atoms with E-state index in [1.54, 1.807) is 6.92 Å². The maximum Gasteiger partial charge on any atom is 0.311 e. The number of halogens is 1. The summed E-state index contributed by atoms with van der Waals surface area (Å²) in [6, 6.07) is 10.6. The Morgan fingerprint density at radius 3 is 2.59 bits per heavy atom. The molecule has 9 heteroatoms. The summed E-state index contributed by atoms with van der Waals surface area (Å²) in [5.41, 5.74) is 2.07. The Hall–Kier alpha value is -2.84. The third-order valence-electron chi connectivity index (χ3n) is 4.91. The molecule has 0 aromatic heterocycles. The molecule has 1 aliphatic rings. The Kier molecular flexibility index (Phi) is 6.56. The lowest BCUT2D eigenvalue weighted by Gasteiger charge is -2.35. The molecule has 0 radical (unpaired) electrons. The van der Waals surface area contributed by atoms with Gasteiger partial charge < -0.3 is 15.0 Å². The van der Waals surface area contributed by atoms with Crippen LogP contribution in [0.15, 0.2) is 36.4 Å². The summed E-state index contributed by atoms with van der Waals surface area (Å²) in [7, 11) is 1.36. The summed E-state index contributed by atoms with van der Waals surface area (Å²) in [5.74, 6) is -0.0498. The van der Waals surface area contributed by atoms with E-state index in [0.29, 0.717) is 16.3 Å². The molecule has 1 N–H and O–H groups in total. The molecule has 29 heavy (non-hydrogen) atoms. The quantitative estimate of drug-likeness (QED) is 0.572. The molecule has 0 aliphatic carbocycles. The van der Waals surface area contributed by atoms with Crippen LogP contribution in [-0.4, -0.2) is 55.6 Å². The molecule has 2 aromatic carbocycles. The fourth-order valence-corrected chi connectivity index (χ4v) is 3.53. The molecule has 0 bridgehead atoms. The van der Waals surface area contributed by atoms with Gasteiger partial charge >= 0.3 is 5.69 Å². The van der Waals surface area contributed by atoms with E-state index in [1.165, 1.54) is 19.2 Å². The minimum atomic E-state index is -0.503. The van der Waals surface area contributed by atoms with E-state index in [9.17, 15) is 14.9 Å². The van der Waals surface area contributed by atoms with Gasteiger partial charge in [0.1, 0.15) is 0 Å². The largest absolute Gasteiger partial charge is 0.490 e. The number of aryl methyl sites for hydroxylation is 1. The Morgan fingerprint density at radius 1 is 1.24 bits per heavy atom. The molecule has 0 spiro atoms. The second kappa shape index (κ2) is 9.11. The lowest BCUT2D eigenvalue weighted by Crippen LogP contribution is -2.48. The molecule has 2 aromatic rings. The highest BCUT2D eigenvalue weighted by Gasteiger charge is 2.21. The Labute approximate surface area is 174 Å². The number of hydrogen-bond acceptors (Lipinski definition) is 6. The molecule has 0 unspecified atom stereocenters. The Morgan fingerprint density at radius 2 is 1.97 bits per heavy atom. The predicted octanol–water partition coefficient (Wildman–Crippen LogP) is 3.33. The van der Waals surface area contributed by atoms with Gasteiger partial charge in [0.05, 0.1) is 18.6 Å². The van der Waals surface area contributed by atoms with E-state index >= 15 is 0 Å². The first-order valence-corrected chi connectivity index (χ1v) is 9.61. The molecule has 8 nitrogen and oxygen atoms in total. The van der Waals surface area contributed by atoms with Crippen LogP contribution in [-0.2, 0) is 4.79 Å². The first-order valence-electron chi connectivity index (χ1n) is 9.23. The molecule has 1 saturated heterocycles. The van der Waals surface area contributed by atoms with Crippen LogP contribution in [0.2, 0.25) is 5.02 Å². The zero-order valence-corrected chi connectivity index (χ0v) is 17.1. The first kappa shape index (κ1) is 20.9. The molecule has 0 atom stereocenters. The van der Waals surface area contributed by atoms with Crippen molar-refractivity contribution in [2.24, 2.45) is 0 Å². The topological polar surface area (TPSA) is 88.0 Å². The van der Waals surface area contributed by atoms with Crippen LogP contribution in [0.3, 0.4) is 0 Å². The van der Waals surface area contributed by atoms with E-state index in [-0.39, 0.29) is 23.9 Å². The number of rotatable bonds is 6. The van der Waals surface area contributed by atoms with Gasteiger partial charge in [-0.25, -0.2) is 0 Å². The summed E-state index contributed by atoms with van der Waals surface area (Å²) in [4.78, 5) is 27.4. The normalized spacial score (nSPS) is 14.5. The van der Waals surface area contributed by atoms with Crippen molar-refractivity contribution in [3.8, 4) is 5.75 Å². The summed E-state index contributed by atoms with van der Waals surface area (Å²) >= 11 is 6.06. The number of methoxy groups -OCH3 is 1. The first-order chi connectivity index (χ1) is 13.9. The van der Waals surface area contributed by atoms with Gasteiger partial charge in [-0.2, -0.15) is 0 Å². The highest BCUT2D eigenvalue weighted by Crippen LogP contribution is 2.32. The fourth-order valence-electron chi connectivity index (χ4n) is 3.34. The summed E-state index contributed by atoms with van der Waals surface area (Å²) in [5, 5.41) is 14.6. The number of carbonyl (C=O) groups is 1. The molecule has 1 aliphatic heterocycles. The number of carbonyl (C=O) groups excluding carboxylic acids is 1. The van der Waals surface area contributed by atoms with Gasteiger partial charge in [-0.1, -0.05) is 17.7 Å². The van der Waals surface area contributed by atoms with Crippen molar-refractivity contribution in [1.82, 2.24) is 4.90 Å². The van der Waals surface area contributed by atoms with Crippen molar-refractivity contribution in [1.29, 1.82) is 0 Å². The van der Waals surface area contributed by atoms with Gasteiger partial charge in [-0.15, -0.1) is 0 Å². The zero-order chi connectivity index (χ0) is 21.0. The van der Waals surface area contributed by atoms with Crippen LogP contribution in [0.1, 0.15) is 5.56 Å². The van der Waals surface area contributed by atoms with E-state index in [1.807, 2.05) is 24.3 Å². The SMILES string of the molecule is COc1cc(NC(=O)CN2CCN(c3cccc(Cl)c3)CC2)c(C)cc1[N+](=O)[O-]. The molecule has 1 heterocycles. The van der Waals surface area contributed by atoms with Crippen LogP contribution in [0.25, 0.3) is 0 Å². The van der Waals surface area contributed by atoms with Gasteiger partial charge in [0.25, 0.3) is 0 Å². The van der Waals surface area contributed by atoms with Crippen LogP contribution in [0.5, 0.6) is 5.75 Å². The van der Waals surface area contributed by atoms with Gasteiger partial charge in [-0.05, 0) is 30.7 Å². The lowest BCUT2D eigenvalue weighted by molar-refractivity contribution is -0.385. The monoisotopic (exact) mass is 418 g/mol. The van der Waals surface area contributed by atoms with E-state index in [2.05, 4.69) is 15.1 Å². The van der Waals surface area contributed by atoms with Gasteiger partial charge in [0.15, 0.2) is 5.75 Å². The van der Waals surface area contributed by atoms with Gasteiger partial charge in [-0.3, -0.25) is 19.8 Å². The maximum atomic E-state index is 12.5. The number of nitrogens with zero attached hydrogens (tertiary/aromatic N) is 3. The number of nitro groups is 1. The second-order valence-electron chi connectivity index (χ2n) is 6.89. The number of nitrogens with one attached hydrogen (secondary N) is 1. The van der Waals surface area contributed by atoms with Crippen LogP contribution in [0, 0.1) is 17.0 Å². The second-order valence-corrected chi connectivity index (χ2v) is 7.32. The molecule has 1 amide bonds. The number of amides is 1. The van der Waals surface area contributed by atoms with E-state index < -0.39 is 4.92 Å². The highest BCUT2D eigenvalue weighted by molar-refractivity contribution is 6.30. The van der Waals surface area contributed by atoms with E-state index in [0.717, 1.165) is 31.9 Å². The fraction of sp³-hybridized carbons (Fsp3) is 0.350. The molecule has 154 valence electrons. The van der Waals surface area contributed by atoms with Gasteiger partial charge in [0.2, 0.25) is 5.91 Å². The molecule has 0 saturated carbocycles. The number of anilines is 2. The van der Waals surface area contributed by atoms with Crippen molar-refractivity contribution in [2.45, 2.75) is 6.92 Å². The number of nitro benzene ring substituents is 1. The highest BCUT2D eigenvalue weighted by atomic mass is 35.5. The lowest BCUT2D eigenvalue weighted by atomic mass is 10.1. The molecule has 1 fully saturated rings. The van der Waals surface area contributed by atoms with Crippen molar-refractivity contribution in [2.75, 3.05) is 50.1 Å². The number of piperazine rings is 1. The minimum absolute atomic E-state index is 0.117. The minimum Gasteiger partial charge on any atom is -0.490 e. The third-order valence-corrected chi connectivity index (χ3v) is 5.14.